The van der Waals surface area contributed by atoms with Gasteiger partial charge in [-0.3, -0.25) is 4.79 Å². The van der Waals surface area contributed by atoms with E-state index in [0.29, 0.717) is 0 Å². The maximum atomic E-state index is 11.4. The first kappa shape index (κ1) is 9.00. The maximum Gasteiger partial charge on any atom is 0.313 e. The van der Waals surface area contributed by atoms with Gasteiger partial charge in [-0.2, -0.15) is 0 Å². The number of hydrogen-bond donors (Lipinski definition) is 0. The van der Waals surface area contributed by atoms with Gasteiger partial charge in [-0.05, 0) is 19.8 Å². The lowest BCUT2D eigenvalue weighted by molar-refractivity contribution is -0.228. The predicted molar refractivity (Wildman–Crippen MR) is 47.0 cm³/mol. The van der Waals surface area contributed by atoms with Crippen molar-refractivity contribution in [3.63, 3.8) is 0 Å². The summed E-state index contributed by atoms with van der Waals surface area (Å²) in [6, 6.07) is 0. The normalized spacial score (nSPS) is 33.0. The minimum absolute atomic E-state index is 0.0819. The average molecular weight is 184 g/mol. The van der Waals surface area contributed by atoms with Crippen molar-refractivity contribution in [3.8, 4) is 0 Å². The monoisotopic (exact) mass is 184 g/mol. The Morgan fingerprint density at radius 2 is 2.00 bits per heavy atom. The summed E-state index contributed by atoms with van der Waals surface area (Å²) in [4.78, 5) is 11.4. The van der Waals surface area contributed by atoms with Gasteiger partial charge in [0.1, 0.15) is 0 Å². The minimum atomic E-state index is -0.187. The molecule has 1 aliphatic carbocycles. The van der Waals surface area contributed by atoms with Crippen molar-refractivity contribution in [2.45, 2.75) is 44.6 Å². The molecule has 74 valence electrons. The second-order valence-corrected chi connectivity index (χ2v) is 4.07. The van der Waals surface area contributed by atoms with E-state index in [1.165, 1.54) is 19.3 Å². The SMILES string of the molecule is CC1C(=O)OCOC12CCCCC2. The average Bonchev–Trinajstić information content (AvgIpc) is 2.16. The Bertz CT molecular complexity index is 201. The largest absolute Gasteiger partial charge is 0.438 e. The molecule has 0 N–H and O–H groups in total. The lowest BCUT2D eigenvalue weighted by Gasteiger charge is -2.43. The summed E-state index contributed by atoms with van der Waals surface area (Å²) < 4.78 is 10.5. The van der Waals surface area contributed by atoms with Gasteiger partial charge in [0, 0.05) is 0 Å². The van der Waals surface area contributed by atoms with E-state index in [-0.39, 0.29) is 24.3 Å². The maximum absolute atomic E-state index is 11.4. The molecular formula is C10H16O3. The van der Waals surface area contributed by atoms with Crippen LogP contribution in [0.4, 0.5) is 0 Å². The topological polar surface area (TPSA) is 35.5 Å². The number of carbonyl (C=O) groups is 1. The van der Waals surface area contributed by atoms with E-state index < -0.39 is 0 Å². The molecule has 0 aromatic carbocycles. The molecule has 3 heteroatoms. The van der Waals surface area contributed by atoms with Crippen LogP contribution in [-0.2, 0) is 14.3 Å². The number of hydrogen-bond acceptors (Lipinski definition) is 3. The number of ether oxygens (including phenoxy) is 2. The van der Waals surface area contributed by atoms with Crippen LogP contribution < -0.4 is 0 Å². The van der Waals surface area contributed by atoms with Gasteiger partial charge in [0.15, 0.2) is 6.79 Å². The smallest absolute Gasteiger partial charge is 0.313 e. The Balaban J connectivity index is 2.13. The van der Waals surface area contributed by atoms with Crippen LogP contribution in [0.5, 0.6) is 0 Å². The molecule has 13 heavy (non-hydrogen) atoms. The molecule has 1 spiro atoms. The fourth-order valence-corrected chi connectivity index (χ4v) is 2.40. The molecule has 0 bridgehead atoms. The Hall–Kier alpha value is -0.570. The third-order valence-electron chi connectivity index (χ3n) is 3.39. The van der Waals surface area contributed by atoms with Crippen molar-refractivity contribution in [3.05, 3.63) is 0 Å². The molecule has 2 aliphatic rings. The highest BCUT2D eigenvalue weighted by molar-refractivity contribution is 5.74. The summed E-state index contributed by atoms with van der Waals surface area (Å²) in [5.41, 5.74) is -0.187. The Morgan fingerprint density at radius 1 is 1.31 bits per heavy atom. The predicted octanol–water partition coefficient (Wildman–Crippen LogP) is 1.86. The number of esters is 1. The van der Waals surface area contributed by atoms with E-state index in [1.807, 2.05) is 6.92 Å². The minimum Gasteiger partial charge on any atom is -0.438 e. The van der Waals surface area contributed by atoms with E-state index in [1.54, 1.807) is 0 Å². The highest BCUT2D eigenvalue weighted by Gasteiger charge is 2.45. The molecule has 0 radical (unpaired) electrons. The lowest BCUT2D eigenvalue weighted by Crippen LogP contribution is -2.49. The molecule has 1 saturated heterocycles. The van der Waals surface area contributed by atoms with E-state index >= 15 is 0 Å². The first-order chi connectivity index (χ1) is 6.25. The van der Waals surface area contributed by atoms with E-state index in [4.69, 9.17) is 9.47 Å². The quantitative estimate of drug-likeness (QED) is 0.539. The molecule has 1 unspecified atom stereocenters. The van der Waals surface area contributed by atoms with E-state index in [2.05, 4.69) is 0 Å². The molecule has 0 aromatic rings. The summed E-state index contributed by atoms with van der Waals surface area (Å²) in [7, 11) is 0. The second kappa shape index (κ2) is 3.29. The van der Waals surface area contributed by atoms with Crippen molar-refractivity contribution < 1.29 is 14.3 Å². The number of carbonyl (C=O) groups excluding carboxylic acids is 1. The van der Waals surface area contributed by atoms with Crippen LogP contribution in [-0.4, -0.2) is 18.4 Å². The zero-order valence-corrected chi connectivity index (χ0v) is 8.04. The first-order valence-electron chi connectivity index (χ1n) is 5.05. The number of rotatable bonds is 0. The lowest BCUT2D eigenvalue weighted by atomic mass is 9.76. The van der Waals surface area contributed by atoms with Gasteiger partial charge in [0.25, 0.3) is 0 Å². The third kappa shape index (κ3) is 1.46. The molecule has 2 rings (SSSR count). The van der Waals surface area contributed by atoms with Crippen LogP contribution in [0.15, 0.2) is 0 Å². The third-order valence-corrected chi connectivity index (χ3v) is 3.39. The van der Waals surface area contributed by atoms with Crippen molar-refractivity contribution >= 4 is 5.97 Å². The molecule has 1 saturated carbocycles. The van der Waals surface area contributed by atoms with Crippen molar-refractivity contribution in [1.29, 1.82) is 0 Å². The molecule has 1 aliphatic heterocycles. The van der Waals surface area contributed by atoms with Gasteiger partial charge in [0.05, 0.1) is 11.5 Å². The zero-order valence-electron chi connectivity index (χ0n) is 8.04. The first-order valence-corrected chi connectivity index (χ1v) is 5.05. The fourth-order valence-electron chi connectivity index (χ4n) is 2.40. The van der Waals surface area contributed by atoms with Gasteiger partial charge in [-0.1, -0.05) is 19.3 Å². The highest BCUT2D eigenvalue weighted by Crippen LogP contribution is 2.40. The summed E-state index contributed by atoms with van der Waals surface area (Å²) >= 11 is 0. The molecule has 3 nitrogen and oxygen atoms in total. The fraction of sp³-hybridized carbons (Fsp3) is 0.900. The van der Waals surface area contributed by atoms with Crippen molar-refractivity contribution in [1.82, 2.24) is 0 Å². The second-order valence-electron chi connectivity index (χ2n) is 4.07. The molecule has 2 fully saturated rings. The molecule has 1 atom stereocenters. The zero-order chi connectivity index (χ0) is 9.31. The van der Waals surface area contributed by atoms with E-state index in [0.717, 1.165) is 12.8 Å². The van der Waals surface area contributed by atoms with Crippen LogP contribution in [0.3, 0.4) is 0 Å². The Labute approximate surface area is 78.4 Å². The van der Waals surface area contributed by atoms with Gasteiger partial charge >= 0.3 is 5.97 Å². The summed E-state index contributed by atoms with van der Waals surface area (Å²) in [6.07, 6.45) is 5.66. The Morgan fingerprint density at radius 3 is 2.69 bits per heavy atom. The van der Waals surface area contributed by atoms with Gasteiger partial charge in [-0.15, -0.1) is 0 Å². The van der Waals surface area contributed by atoms with Crippen LogP contribution in [0.2, 0.25) is 0 Å². The van der Waals surface area contributed by atoms with Gasteiger partial charge < -0.3 is 9.47 Å². The molecule has 0 amide bonds. The summed E-state index contributed by atoms with van der Waals surface area (Å²) in [6.45, 7) is 2.08. The van der Waals surface area contributed by atoms with Crippen LogP contribution in [0, 0.1) is 5.92 Å². The highest BCUT2D eigenvalue weighted by atomic mass is 16.7. The van der Waals surface area contributed by atoms with Crippen LogP contribution >= 0.6 is 0 Å². The molecular weight excluding hydrogens is 168 g/mol. The standard InChI is InChI=1S/C10H16O3/c1-8-9(11)12-7-13-10(8)5-3-2-4-6-10/h8H,2-7H2,1H3. The Kier molecular flexibility index (Phi) is 2.28. The number of cyclic esters (lactones) is 1. The van der Waals surface area contributed by atoms with Crippen LogP contribution in [0.25, 0.3) is 0 Å². The van der Waals surface area contributed by atoms with Crippen molar-refractivity contribution in [2.24, 2.45) is 5.92 Å². The van der Waals surface area contributed by atoms with Crippen molar-refractivity contribution in [2.75, 3.05) is 6.79 Å². The summed E-state index contributed by atoms with van der Waals surface area (Å²) in [5, 5.41) is 0. The van der Waals surface area contributed by atoms with Gasteiger partial charge in [-0.25, -0.2) is 0 Å². The molecule has 0 aromatic heterocycles. The molecule has 1 heterocycles. The van der Waals surface area contributed by atoms with Crippen LogP contribution in [0.1, 0.15) is 39.0 Å². The van der Waals surface area contributed by atoms with Gasteiger partial charge in [0.2, 0.25) is 0 Å². The summed E-state index contributed by atoms with van der Waals surface area (Å²) in [5.74, 6) is -0.172. The van der Waals surface area contributed by atoms with E-state index in [9.17, 15) is 4.79 Å².